The molecular formula is C5H4F6S. The van der Waals surface area contributed by atoms with E-state index in [1.54, 1.807) is 0 Å². The van der Waals surface area contributed by atoms with Gasteiger partial charge >= 0.3 is 5.25 Å². The Kier molecular flexibility index (Phi) is 2.26. The van der Waals surface area contributed by atoms with Crippen LogP contribution in [0.4, 0.5) is 26.3 Å². The van der Waals surface area contributed by atoms with Gasteiger partial charge in [0.25, 0.3) is 6.43 Å². The Balaban J connectivity index is 2.85. The van der Waals surface area contributed by atoms with E-state index < -0.39 is 41.0 Å². The zero-order valence-corrected chi connectivity index (χ0v) is 6.35. The Morgan fingerprint density at radius 2 is 1.75 bits per heavy atom. The van der Waals surface area contributed by atoms with Gasteiger partial charge in [0.2, 0.25) is 11.8 Å². The van der Waals surface area contributed by atoms with Gasteiger partial charge in [-0.3, -0.25) is 0 Å². The van der Waals surface area contributed by atoms with Gasteiger partial charge in [-0.2, -0.15) is 8.78 Å². The third-order valence-electron chi connectivity index (χ3n) is 1.56. The molecule has 0 aromatic rings. The molecule has 1 fully saturated rings. The molecule has 12 heavy (non-hydrogen) atoms. The van der Waals surface area contributed by atoms with Crippen molar-refractivity contribution in [2.45, 2.75) is 23.5 Å². The maximum atomic E-state index is 12.7. The minimum atomic E-state index is -4.04. The molecule has 2 unspecified atom stereocenters. The Morgan fingerprint density at radius 1 is 1.25 bits per heavy atom. The number of rotatable bonds is 1. The first kappa shape index (κ1) is 10.0. The molecule has 1 heterocycles. The second-order valence-electron chi connectivity index (χ2n) is 2.44. The van der Waals surface area contributed by atoms with Crippen LogP contribution in [0, 0.1) is 0 Å². The van der Waals surface area contributed by atoms with Gasteiger partial charge in [0, 0.05) is 5.75 Å². The van der Waals surface area contributed by atoms with Crippen LogP contribution >= 0.6 is 11.8 Å². The molecule has 7 heteroatoms. The average molecular weight is 210 g/mol. The lowest BCUT2D eigenvalue weighted by Gasteiger charge is -2.21. The minimum absolute atomic E-state index is 0.420. The first-order valence-electron chi connectivity index (χ1n) is 2.93. The molecule has 0 N–H and O–H groups in total. The molecule has 0 bridgehead atoms. The van der Waals surface area contributed by atoms with Crippen molar-refractivity contribution in [1.82, 2.24) is 0 Å². The Bertz CT molecular complexity index is 183. The SMILES string of the molecule is FC(F)C1(F)CSC(F)(F)C1F. The highest BCUT2D eigenvalue weighted by Crippen LogP contribution is 2.52. The van der Waals surface area contributed by atoms with Crippen LogP contribution in [0.3, 0.4) is 0 Å². The van der Waals surface area contributed by atoms with E-state index in [4.69, 9.17) is 0 Å². The summed E-state index contributed by atoms with van der Waals surface area (Å²) < 4.78 is 73.0. The summed E-state index contributed by atoms with van der Waals surface area (Å²) in [6.07, 6.45) is -7.14. The van der Waals surface area contributed by atoms with Gasteiger partial charge in [-0.15, -0.1) is 0 Å². The van der Waals surface area contributed by atoms with E-state index in [1.807, 2.05) is 0 Å². The Hall–Kier alpha value is -0.0700. The smallest absolute Gasteiger partial charge is 0.236 e. The van der Waals surface area contributed by atoms with E-state index in [1.165, 1.54) is 0 Å². The lowest BCUT2D eigenvalue weighted by molar-refractivity contribution is -0.113. The number of hydrogen-bond acceptors (Lipinski definition) is 1. The molecule has 1 rings (SSSR count). The maximum Gasteiger partial charge on any atom is 0.328 e. The Labute approximate surface area is 68.3 Å². The van der Waals surface area contributed by atoms with Crippen molar-refractivity contribution in [3.63, 3.8) is 0 Å². The zero-order chi connectivity index (χ0) is 9.57. The second-order valence-corrected chi connectivity index (χ2v) is 3.56. The molecule has 0 aromatic heterocycles. The largest absolute Gasteiger partial charge is 0.328 e. The third kappa shape index (κ3) is 1.27. The summed E-state index contributed by atoms with van der Waals surface area (Å²) in [6, 6.07) is 0. The van der Waals surface area contributed by atoms with E-state index in [9.17, 15) is 26.3 Å². The highest BCUT2D eigenvalue weighted by atomic mass is 32.2. The monoisotopic (exact) mass is 210 g/mol. The lowest BCUT2D eigenvalue weighted by atomic mass is 10.0. The van der Waals surface area contributed by atoms with Crippen LogP contribution in [-0.4, -0.2) is 29.3 Å². The van der Waals surface area contributed by atoms with Gasteiger partial charge in [0.05, 0.1) is 0 Å². The molecule has 0 aromatic carbocycles. The molecule has 72 valence electrons. The van der Waals surface area contributed by atoms with Crippen LogP contribution < -0.4 is 0 Å². The lowest BCUT2D eigenvalue weighted by Crippen LogP contribution is -2.45. The highest BCUT2D eigenvalue weighted by Gasteiger charge is 2.66. The van der Waals surface area contributed by atoms with Gasteiger partial charge in [0.15, 0.2) is 0 Å². The number of hydrogen-bond donors (Lipinski definition) is 0. The third-order valence-corrected chi connectivity index (χ3v) is 2.74. The molecule has 1 aliphatic heterocycles. The fourth-order valence-corrected chi connectivity index (χ4v) is 1.83. The van der Waals surface area contributed by atoms with Crippen LogP contribution in [0.5, 0.6) is 0 Å². The minimum Gasteiger partial charge on any atom is -0.236 e. The molecule has 0 nitrogen and oxygen atoms in total. The molecule has 1 aliphatic rings. The second kappa shape index (κ2) is 2.71. The van der Waals surface area contributed by atoms with E-state index in [2.05, 4.69) is 0 Å². The van der Waals surface area contributed by atoms with Crippen molar-refractivity contribution in [3.8, 4) is 0 Å². The summed E-state index contributed by atoms with van der Waals surface area (Å²) in [7, 11) is 0. The predicted octanol–water partition coefficient (Wildman–Crippen LogP) is 2.64. The molecule has 0 spiro atoms. The molecule has 0 saturated carbocycles. The normalized spacial score (nSPS) is 40.8. The van der Waals surface area contributed by atoms with Crippen molar-refractivity contribution in [2.24, 2.45) is 0 Å². The van der Waals surface area contributed by atoms with Gasteiger partial charge in [-0.05, 0) is 0 Å². The first-order chi connectivity index (χ1) is 5.31. The molecule has 0 radical (unpaired) electrons. The molecule has 0 aliphatic carbocycles. The van der Waals surface area contributed by atoms with Gasteiger partial charge in [0.1, 0.15) is 0 Å². The quantitative estimate of drug-likeness (QED) is 0.599. The van der Waals surface area contributed by atoms with E-state index in [-0.39, 0.29) is 0 Å². The topological polar surface area (TPSA) is 0 Å². The van der Waals surface area contributed by atoms with Crippen LogP contribution in [0.25, 0.3) is 0 Å². The van der Waals surface area contributed by atoms with Gasteiger partial charge in [-0.25, -0.2) is 17.6 Å². The zero-order valence-electron chi connectivity index (χ0n) is 5.54. The average Bonchev–Trinajstić information content (AvgIpc) is 2.15. The summed E-state index contributed by atoms with van der Waals surface area (Å²) in [5, 5.41) is -4.04. The van der Waals surface area contributed by atoms with Crippen molar-refractivity contribution in [3.05, 3.63) is 0 Å². The molecule has 1 saturated heterocycles. The number of thioether (sulfide) groups is 1. The van der Waals surface area contributed by atoms with Crippen LogP contribution in [0.1, 0.15) is 0 Å². The number of halogens is 6. The van der Waals surface area contributed by atoms with Crippen molar-refractivity contribution in [1.29, 1.82) is 0 Å². The predicted molar refractivity (Wildman–Crippen MR) is 32.1 cm³/mol. The van der Waals surface area contributed by atoms with E-state index in [0.29, 0.717) is 0 Å². The number of alkyl halides is 6. The summed E-state index contributed by atoms with van der Waals surface area (Å²) >= 11 is -0.420. The summed E-state index contributed by atoms with van der Waals surface area (Å²) in [5.41, 5.74) is -3.70. The summed E-state index contributed by atoms with van der Waals surface area (Å²) in [5.74, 6) is -1.21. The highest BCUT2D eigenvalue weighted by molar-refractivity contribution is 8.00. The summed E-state index contributed by atoms with van der Waals surface area (Å²) in [6.45, 7) is 0. The van der Waals surface area contributed by atoms with Crippen molar-refractivity contribution >= 4 is 11.8 Å². The fraction of sp³-hybridized carbons (Fsp3) is 1.00. The molecule has 0 amide bonds. The van der Waals surface area contributed by atoms with Gasteiger partial charge < -0.3 is 0 Å². The maximum absolute atomic E-state index is 12.7. The molecular weight excluding hydrogens is 206 g/mol. The molecule has 2 atom stereocenters. The van der Waals surface area contributed by atoms with E-state index >= 15 is 0 Å². The Morgan fingerprint density at radius 3 is 1.92 bits per heavy atom. The first-order valence-corrected chi connectivity index (χ1v) is 3.92. The fourth-order valence-electron chi connectivity index (χ4n) is 0.806. The van der Waals surface area contributed by atoms with E-state index in [0.717, 1.165) is 0 Å². The summed E-state index contributed by atoms with van der Waals surface area (Å²) in [4.78, 5) is 0. The van der Waals surface area contributed by atoms with Gasteiger partial charge in [-0.1, -0.05) is 11.8 Å². The van der Waals surface area contributed by atoms with Crippen molar-refractivity contribution < 1.29 is 26.3 Å². The van der Waals surface area contributed by atoms with Crippen LogP contribution in [-0.2, 0) is 0 Å². The van der Waals surface area contributed by atoms with Crippen LogP contribution in [0.2, 0.25) is 0 Å². The van der Waals surface area contributed by atoms with Crippen molar-refractivity contribution in [2.75, 3.05) is 5.75 Å². The standard InChI is InChI=1S/C5H4F6S/c6-2-4(9,3(7)8)1-12-5(2,10)11/h2-3H,1H2. The van der Waals surface area contributed by atoms with Crippen LogP contribution in [0.15, 0.2) is 0 Å².